The van der Waals surface area contributed by atoms with Crippen molar-refractivity contribution in [3.63, 3.8) is 0 Å². The van der Waals surface area contributed by atoms with Crippen LogP contribution in [-0.2, 0) is 14.3 Å². The number of aromatic amines is 1. The van der Waals surface area contributed by atoms with Crippen molar-refractivity contribution in [2.75, 3.05) is 13.2 Å². The molecule has 1 aromatic heterocycles. The Balaban J connectivity index is 1.98. The van der Waals surface area contributed by atoms with E-state index in [2.05, 4.69) is 25.8 Å². The van der Waals surface area contributed by atoms with Gasteiger partial charge in [0.2, 0.25) is 5.78 Å². The summed E-state index contributed by atoms with van der Waals surface area (Å²) in [6.45, 7) is 11.7. The SMILES string of the molecule is CCOC(=O)c1c(C)[nH]c(C)c1C(=O)COC(=O)C1CCC(C(C)(C)C)CC1. The maximum absolute atomic E-state index is 12.7. The fourth-order valence-corrected chi connectivity index (χ4v) is 4.11. The van der Waals surface area contributed by atoms with Crippen LogP contribution in [0.3, 0.4) is 0 Å². The molecule has 156 valence electrons. The number of aryl methyl sites for hydroxylation is 2. The van der Waals surface area contributed by atoms with Gasteiger partial charge in [0.25, 0.3) is 0 Å². The Bertz CT molecular complexity index is 733. The van der Waals surface area contributed by atoms with Gasteiger partial charge in [-0.1, -0.05) is 20.8 Å². The molecule has 0 spiro atoms. The predicted molar refractivity (Wildman–Crippen MR) is 106 cm³/mol. The molecule has 1 N–H and O–H groups in total. The average molecular weight is 392 g/mol. The average Bonchev–Trinajstić information content (AvgIpc) is 2.93. The first-order valence-corrected chi connectivity index (χ1v) is 10.1. The maximum Gasteiger partial charge on any atom is 0.340 e. The molecule has 2 rings (SSSR count). The van der Waals surface area contributed by atoms with Crippen molar-refractivity contribution in [3.8, 4) is 0 Å². The molecule has 0 saturated heterocycles. The number of H-pyrrole nitrogens is 1. The second-order valence-electron chi connectivity index (χ2n) is 8.79. The number of aromatic nitrogens is 1. The molecule has 0 amide bonds. The molecule has 0 aliphatic heterocycles. The monoisotopic (exact) mass is 391 g/mol. The Morgan fingerprint density at radius 1 is 0.964 bits per heavy atom. The van der Waals surface area contributed by atoms with E-state index in [-0.39, 0.29) is 47.4 Å². The third-order valence-corrected chi connectivity index (χ3v) is 5.76. The van der Waals surface area contributed by atoms with Crippen LogP contribution in [0.2, 0.25) is 0 Å². The highest BCUT2D eigenvalue weighted by atomic mass is 16.5. The molecule has 0 atom stereocenters. The lowest BCUT2D eigenvalue weighted by atomic mass is 9.70. The highest BCUT2D eigenvalue weighted by molar-refractivity contribution is 6.09. The number of rotatable bonds is 6. The van der Waals surface area contributed by atoms with Crippen molar-refractivity contribution in [1.29, 1.82) is 0 Å². The van der Waals surface area contributed by atoms with Gasteiger partial charge in [-0.25, -0.2) is 4.79 Å². The summed E-state index contributed by atoms with van der Waals surface area (Å²) in [5.74, 6) is -0.787. The van der Waals surface area contributed by atoms with Crippen molar-refractivity contribution in [3.05, 3.63) is 22.5 Å². The summed E-state index contributed by atoms with van der Waals surface area (Å²) >= 11 is 0. The molecule has 6 heteroatoms. The van der Waals surface area contributed by atoms with Crippen molar-refractivity contribution < 1.29 is 23.9 Å². The first-order valence-electron chi connectivity index (χ1n) is 10.1. The van der Waals surface area contributed by atoms with E-state index in [1.807, 2.05) is 0 Å². The lowest BCUT2D eigenvalue weighted by Crippen LogP contribution is -2.30. The molecule has 28 heavy (non-hydrogen) atoms. The fourth-order valence-electron chi connectivity index (χ4n) is 4.11. The standard InChI is InChI=1S/C22H33NO5/c1-7-27-21(26)19-14(3)23-13(2)18(19)17(24)12-28-20(25)15-8-10-16(11-9-15)22(4,5)6/h15-16,23H,7-12H2,1-6H3. The summed E-state index contributed by atoms with van der Waals surface area (Å²) < 4.78 is 10.4. The van der Waals surface area contributed by atoms with Gasteiger partial charge in [-0.15, -0.1) is 0 Å². The fraction of sp³-hybridized carbons (Fsp3) is 0.682. The molecule has 1 aromatic rings. The smallest absolute Gasteiger partial charge is 0.340 e. The normalized spacial score (nSPS) is 19.9. The number of hydrogen-bond acceptors (Lipinski definition) is 5. The highest BCUT2D eigenvalue weighted by Crippen LogP contribution is 2.40. The van der Waals surface area contributed by atoms with Crippen molar-refractivity contribution in [2.24, 2.45) is 17.3 Å². The van der Waals surface area contributed by atoms with Crippen LogP contribution >= 0.6 is 0 Å². The molecule has 0 unspecified atom stereocenters. The van der Waals surface area contributed by atoms with E-state index < -0.39 is 5.97 Å². The Labute approximate surface area is 167 Å². The molecule has 6 nitrogen and oxygen atoms in total. The number of carbonyl (C=O) groups excluding carboxylic acids is 3. The van der Waals surface area contributed by atoms with Gasteiger partial charge in [-0.2, -0.15) is 0 Å². The van der Waals surface area contributed by atoms with E-state index in [4.69, 9.17) is 9.47 Å². The Morgan fingerprint density at radius 3 is 2.07 bits per heavy atom. The molecule has 1 saturated carbocycles. The summed E-state index contributed by atoms with van der Waals surface area (Å²) in [5.41, 5.74) is 1.88. The third-order valence-electron chi connectivity index (χ3n) is 5.76. The van der Waals surface area contributed by atoms with Gasteiger partial charge < -0.3 is 14.5 Å². The van der Waals surface area contributed by atoms with Crippen LogP contribution in [-0.4, -0.2) is 35.9 Å². The Morgan fingerprint density at radius 2 is 1.54 bits per heavy atom. The van der Waals surface area contributed by atoms with Crippen molar-refractivity contribution >= 4 is 17.7 Å². The number of Topliss-reactive ketones (excluding diaryl/α,β-unsaturated/α-hetero) is 1. The summed E-state index contributed by atoms with van der Waals surface area (Å²) in [5, 5.41) is 0. The van der Waals surface area contributed by atoms with Crippen LogP contribution in [0, 0.1) is 31.1 Å². The van der Waals surface area contributed by atoms with Gasteiger partial charge >= 0.3 is 11.9 Å². The number of hydrogen-bond donors (Lipinski definition) is 1. The van der Waals surface area contributed by atoms with Crippen LogP contribution in [0.4, 0.5) is 0 Å². The van der Waals surface area contributed by atoms with Gasteiger partial charge in [-0.3, -0.25) is 9.59 Å². The van der Waals surface area contributed by atoms with E-state index in [0.29, 0.717) is 17.3 Å². The molecule has 0 aromatic carbocycles. The minimum absolute atomic E-state index is 0.148. The quantitative estimate of drug-likeness (QED) is 0.574. The zero-order valence-electron chi connectivity index (χ0n) is 17.9. The summed E-state index contributed by atoms with van der Waals surface area (Å²) in [6.07, 6.45) is 3.59. The van der Waals surface area contributed by atoms with Gasteiger partial charge in [0.1, 0.15) is 0 Å². The lowest BCUT2D eigenvalue weighted by molar-refractivity contribution is -0.149. The largest absolute Gasteiger partial charge is 0.462 e. The van der Waals surface area contributed by atoms with Crippen LogP contribution in [0.5, 0.6) is 0 Å². The van der Waals surface area contributed by atoms with Crippen LogP contribution in [0.15, 0.2) is 0 Å². The topological polar surface area (TPSA) is 85.5 Å². The summed E-state index contributed by atoms with van der Waals surface area (Å²) in [7, 11) is 0. The molecule has 1 aliphatic rings. The Hall–Kier alpha value is -2.11. The van der Waals surface area contributed by atoms with E-state index in [1.165, 1.54) is 0 Å². The maximum atomic E-state index is 12.7. The molecular weight excluding hydrogens is 358 g/mol. The lowest BCUT2D eigenvalue weighted by Gasteiger charge is -2.36. The molecule has 1 heterocycles. The number of nitrogens with one attached hydrogen (secondary N) is 1. The van der Waals surface area contributed by atoms with E-state index in [0.717, 1.165) is 25.7 Å². The summed E-state index contributed by atoms with van der Waals surface area (Å²) in [4.78, 5) is 40.3. The number of ether oxygens (including phenoxy) is 2. The number of carbonyl (C=O) groups is 3. The van der Waals surface area contributed by atoms with E-state index in [1.54, 1.807) is 20.8 Å². The van der Waals surface area contributed by atoms with Crippen LogP contribution < -0.4 is 0 Å². The first-order chi connectivity index (χ1) is 13.1. The number of esters is 2. The summed E-state index contributed by atoms with van der Waals surface area (Å²) in [6, 6.07) is 0. The third kappa shape index (κ3) is 5.03. The molecule has 0 radical (unpaired) electrons. The second-order valence-corrected chi connectivity index (χ2v) is 8.79. The van der Waals surface area contributed by atoms with Crippen LogP contribution in [0.1, 0.15) is 85.5 Å². The van der Waals surface area contributed by atoms with Gasteiger partial charge in [0.05, 0.1) is 23.7 Å². The zero-order valence-corrected chi connectivity index (χ0v) is 17.9. The van der Waals surface area contributed by atoms with E-state index in [9.17, 15) is 14.4 Å². The molecule has 1 fully saturated rings. The second kappa shape index (κ2) is 8.93. The van der Waals surface area contributed by atoms with Gasteiger partial charge in [0, 0.05) is 11.4 Å². The minimum atomic E-state index is -0.542. The zero-order chi connectivity index (χ0) is 21.1. The van der Waals surface area contributed by atoms with Crippen LogP contribution in [0.25, 0.3) is 0 Å². The van der Waals surface area contributed by atoms with E-state index >= 15 is 0 Å². The van der Waals surface area contributed by atoms with Gasteiger partial charge in [0.15, 0.2) is 6.61 Å². The highest BCUT2D eigenvalue weighted by Gasteiger charge is 2.33. The van der Waals surface area contributed by atoms with Crippen molar-refractivity contribution in [2.45, 2.75) is 67.2 Å². The van der Waals surface area contributed by atoms with Crippen molar-refractivity contribution in [1.82, 2.24) is 4.98 Å². The Kier molecular flexibility index (Phi) is 7.07. The molecular formula is C22H33NO5. The molecule has 0 bridgehead atoms. The minimum Gasteiger partial charge on any atom is -0.462 e. The molecule has 1 aliphatic carbocycles. The van der Waals surface area contributed by atoms with Gasteiger partial charge in [-0.05, 0) is 57.8 Å². The predicted octanol–water partition coefficient (Wildman–Crippen LogP) is 4.39. The first kappa shape index (κ1) is 22.2. The number of ketones is 1.